The lowest BCUT2D eigenvalue weighted by atomic mass is 9.78. The van der Waals surface area contributed by atoms with E-state index >= 15 is 0 Å². The highest BCUT2D eigenvalue weighted by Gasteiger charge is 2.58. The van der Waals surface area contributed by atoms with Crippen LogP contribution in [0.3, 0.4) is 0 Å². The van der Waals surface area contributed by atoms with Gasteiger partial charge in [-0.1, -0.05) is 43.2 Å². The maximum atomic E-state index is 12.8. The first kappa shape index (κ1) is 17.6. The molecule has 1 aromatic carbocycles. The Morgan fingerprint density at radius 3 is 2.35 bits per heavy atom. The highest BCUT2D eigenvalue weighted by atomic mass is 16.2. The summed E-state index contributed by atoms with van der Waals surface area (Å²) in [4.78, 5) is 26.3. The van der Waals surface area contributed by atoms with Crippen LogP contribution in [0.1, 0.15) is 57.4 Å². The summed E-state index contributed by atoms with van der Waals surface area (Å²) >= 11 is 0. The molecule has 1 saturated heterocycles. The molecule has 26 heavy (non-hydrogen) atoms. The molecule has 1 atom stereocenters. The van der Waals surface area contributed by atoms with E-state index < -0.39 is 0 Å². The number of piperidine rings is 1. The van der Waals surface area contributed by atoms with Crippen LogP contribution in [0.4, 0.5) is 0 Å². The average molecular weight is 354 g/mol. The summed E-state index contributed by atoms with van der Waals surface area (Å²) < 4.78 is 0. The third-order valence-electron chi connectivity index (χ3n) is 7.26. The van der Waals surface area contributed by atoms with Gasteiger partial charge in [0, 0.05) is 37.9 Å². The molecule has 2 aliphatic carbocycles. The Morgan fingerprint density at radius 2 is 1.73 bits per heavy atom. The SMILES string of the molecule is CC(=O)N1CCC2(CC1)C[C@H]2C(=O)NCC1(c2ccccc2)CCCC1. The molecule has 2 amide bonds. The lowest BCUT2D eigenvalue weighted by Gasteiger charge is -2.33. The van der Waals surface area contributed by atoms with Crippen LogP contribution in [-0.4, -0.2) is 36.3 Å². The van der Waals surface area contributed by atoms with E-state index in [0.717, 1.165) is 38.9 Å². The topological polar surface area (TPSA) is 49.4 Å². The molecule has 0 bridgehead atoms. The van der Waals surface area contributed by atoms with E-state index in [1.165, 1.54) is 31.2 Å². The molecule has 4 rings (SSSR count). The van der Waals surface area contributed by atoms with Gasteiger partial charge >= 0.3 is 0 Å². The zero-order valence-electron chi connectivity index (χ0n) is 15.8. The van der Waals surface area contributed by atoms with Crippen molar-refractivity contribution in [1.29, 1.82) is 0 Å². The second-order valence-electron chi connectivity index (χ2n) is 8.70. The normalized spacial score (nSPS) is 25.9. The van der Waals surface area contributed by atoms with Gasteiger partial charge in [0.25, 0.3) is 0 Å². The van der Waals surface area contributed by atoms with Gasteiger partial charge in [0.15, 0.2) is 0 Å². The van der Waals surface area contributed by atoms with Gasteiger partial charge in [0.05, 0.1) is 0 Å². The van der Waals surface area contributed by atoms with Crippen molar-refractivity contribution < 1.29 is 9.59 Å². The Kier molecular flexibility index (Phi) is 4.54. The van der Waals surface area contributed by atoms with E-state index in [1.807, 2.05) is 4.90 Å². The average Bonchev–Trinajstić information content (AvgIpc) is 3.14. The molecule has 4 nitrogen and oxygen atoms in total. The number of hydrogen-bond donors (Lipinski definition) is 1. The number of carbonyl (C=O) groups excluding carboxylic acids is 2. The van der Waals surface area contributed by atoms with Gasteiger partial charge in [-0.05, 0) is 43.1 Å². The minimum Gasteiger partial charge on any atom is -0.355 e. The Balaban J connectivity index is 1.35. The fraction of sp³-hybridized carbons (Fsp3) is 0.636. The van der Waals surface area contributed by atoms with Crippen LogP contribution < -0.4 is 5.32 Å². The molecule has 3 aliphatic rings. The number of benzene rings is 1. The molecule has 3 fully saturated rings. The van der Waals surface area contributed by atoms with Crippen LogP contribution in [0, 0.1) is 11.3 Å². The van der Waals surface area contributed by atoms with Crippen LogP contribution in [0.2, 0.25) is 0 Å². The molecule has 1 aliphatic heterocycles. The van der Waals surface area contributed by atoms with Gasteiger partial charge in [0.1, 0.15) is 0 Å². The Morgan fingerprint density at radius 1 is 1.08 bits per heavy atom. The molecule has 1 heterocycles. The maximum Gasteiger partial charge on any atom is 0.223 e. The van der Waals surface area contributed by atoms with Crippen molar-refractivity contribution in [1.82, 2.24) is 10.2 Å². The zero-order valence-corrected chi connectivity index (χ0v) is 15.8. The van der Waals surface area contributed by atoms with Crippen molar-refractivity contribution in [2.75, 3.05) is 19.6 Å². The summed E-state index contributed by atoms with van der Waals surface area (Å²) in [5.41, 5.74) is 1.67. The van der Waals surface area contributed by atoms with E-state index in [2.05, 4.69) is 35.6 Å². The van der Waals surface area contributed by atoms with Gasteiger partial charge in [-0.2, -0.15) is 0 Å². The molecular weight excluding hydrogens is 324 g/mol. The minimum atomic E-state index is 0.122. The predicted octanol–water partition coefficient (Wildman–Crippen LogP) is 3.26. The van der Waals surface area contributed by atoms with E-state index in [4.69, 9.17) is 0 Å². The first-order valence-electron chi connectivity index (χ1n) is 10.1. The van der Waals surface area contributed by atoms with E-state index in [1.54, 1.807) is 6.92 Å². The molecule has 0 unspecified atom stereocenters. The number of hydrogen-bond acceptors (Lipinski definition) is 2. The Hall–Kier alpha value is -1.84. The summed E-state index contributed by atoms with van der Waals surface area (Å²) in [5, 5.41) is 3.31. The Bertz CT molecular complexity index is 671. The summed E-state index contributed by atoms with van der Waals surface area (Å²) in [6.45, 7) is 4.03. The summed E-state index contributed by atoms with van der Waals surface area (Å²) in [5.74, 6) is 0.557. The molecule has 4 heteroatoms. The van der Waals surface area contributed by atoms with Crippen molar-refractivity contribution >= 4 is 11.8 Å². The van der Waals surface area contributed by atoms with Gasteiger partial charge in [-0.15, -0.1) is 0 Å². The fourth-order valence-corrected chi connectivity index (χ4v) is 5.33. The lowest BCUT2D eigenvalue weighted by molar-refractivity contribution is -0.130. The second-order valence-corrected chi connectivity index (χ2v) is 8.70. The third kappa shape index (κ3) is 3.15. The monoisotopic (exact) mass is 354 g/mol. The predicted molar refractivity (Wildman–Crippen MR) is 102 cm³/mol. The quantitative estimate of drug-likeness (QED) is 0.902. The number of nitrogens with one attached hydrogen (secondary N) is 1. The summed E-state index contributed by atoms with van der Waals surface area (Å²) in [6.07, 6.45) is 7.80. The molecule has 1 N–H and O–H groups in total. The molecule has 0 aromatic heterocycles. The van der Waals surface area contributed by atoms with Crippen LogP contribution in [0.15, 0.2) is 30.3 Å². The Labute approximate surface area is 156 Å². The van der Waals surface area contributed by atoms with Crippen molar-refractivity contribution in [3.63, 3.8) is 0 Å². The molecule has 2 saturated carbocycles. The molecule has 1 spiro atoms. The highest BCUT2D eigenvalue weighted by molar-refractivity contribution is 5.83. The van der Waals surface area contributed by atoms with Crippen LogP contribution in [-0.2, 0) is 15.0 Å². The van der Waals surface area contributed by atoms with Crippen LogP contribution in [0.25, 0.3) is 0 Å². The summed E-state index contributed by atoms with van der Waals surface area (Å²) in [7, 11) is 0. The van der Waals surface area contributed by atoms with Crippen LogP contribution in [0.5, 0.6) is 0 Å². The van der Waals surface area contributed by atoms with Gasteiger partial charge < -0.3 is 10.2 Å². The number of amides is 2. The largest absolute Gasteiger partial charge is 0.355 e. The number of nitrogens with zero attached hydrogens (tertiary/aromatic N) is 1. The zero-order chi connectivity index (χ0) is 18.2. The summed E-state index contributed by atoms with van der Waals surface area (Å²) in [6, 6.07) is 10.7. The molecule has 0 radical (unpaired) electrons. The standard InChI is InChI=1S/C22H30N2O2/c1-17(25)24-13-11-21(12-14-24)15-19(21)20(26)23-16-22(9-5-6-10-22)18-7-3-2-4-8-18/h2-4,7-8,19H,5-6,9-16H2,1H3,(H,23,26)/t19-/m0/s1. The van der Waals surface area contributed by atoms with Gasteiger partial charge in [-0.3, -0.25) is 9.59 Å². The smallest absolute Gasteiger partial charge is 0.223 e. The van der Waals surface area contributed by atoms with E-state index in [-0.39, 0.29) is 28.6 Å². The number of likely N-dealkylation sites (tertiary alicyclic amines) is 1. The molecular formula is C22H30N2O2. The van der Waals surface area contributed by atoms with Gasteiger partial charge in [-0.25, -0.2) is 0 Å². The van der Waals surface area contributed by atoms with E-state index in [9.17, 15) is 9.59 Å². The first-order chi connectivity index (χ1) is 12.5. The van der Waals surface area contributed by atoms with Crippen molar-refractivity contribution in [2.24, 2.45) is 11.3 Å². The fourth-order valence-electron chi connectivity index (χ4n) is 5.33. The number of rotatable bonds is 4. The lowest BCUT2D eigenvalue weighted by Crippen LogP contribution is -2.42. The van der Waals surface area contributed by atoms with Crippen molar-refractivity contribution in [2.45, 2.75) is 57.3 Å². The van der Waals surface area contributed by atoms with Crippen molar-refractivity contribution in [3.8, 4) is 0 Å². The van der Waals surface area contributed by atoms with Crippen LogP contribution >= 0.6 is 0 Å². The van der Waals surface area contributed by atoms with E-state index in [0.29, 0.717) is 0 Å². The molecule has 1 aromatic rings. The molecule has 140 valence electrons. The minimum absolute atomic E-state index is 0.122. The van der Waals surface area contributed by atoms with Crippen molar-refractivity contribution in [3.05, 3.63) is 35.9 Å². The number of carbonyl (C=O) groups is 2. The van der Waals surface area contributed by atoms with Gasteiger partial charge in [0.2, 0.25) is 11.8 Å². The second kappa shape index (κ2) is 6.71. The first-order valence-corrected chi connectivity index (χ1v) is 10.1. The highest BCUT2D eigenvalue weighted by Crippen LogP contribution is 2.59. The third-order valence-corrected chi connectivity index (χ3v) is 7.26. The maximum absolute atomic E-state index is 12.8.